The van der Waals surface area contributed by atoms with Crippen molar-refractivity contribution in [3.63, 3.8) is 0 Å². The summed E-state index contributed by atoms with van der Waals surface area (Å²) in [6.45, 7) is 7.21. The molecule has 2 N–H and O–H groups in total. The number of benzene rings is 2. The first kappa shape index (κ1) is 25.6. The highest BCUT2D eigenvalue weighted by atomic mass is 16.2. The highest BCUT2D eigenvalue weighted by Gasteiger charge is 2.29. The number of likely N-dealkylation sites (N-methyl/N-ethyl adjacent to an activating group) is 1. The zero-order chi connectivity index (χ0) is 26.5. The fourth-order valence-electron chi connectivity index (χ4n) is 4.22. The van der Waals surface area contributed by atoms with Gasteiger partial charge in [0.05, 0.1) is 12.4 Å². The van der Waals surface area contributed by atoms with Crippen molar-refractivity contribution in [2.75, 3.05) is 43.9 Å². The van der Waals surface area contributed by atoms with E-state index in [-0.39, 0.29) is 17.7 Å². The second kappa shape index (κ2) is 11.5. The molecule has 0 unspecified atom stereocenters. The molecule has 2 amide bonds. The Kier molecular flexibility index (Phi) is 7.78. The molecule has 0 radical (unpaired) electrons. The molecule has 0 atom stereocenters. The summed E-state index contributed by atoms with van der Waals surface area (Å²) in [5, 5.41) is 5.75. The summed E-state index contributed by atoms with van der Waals surface area (Å²) < 4.78 is 0. The van der Waals surface area contributed by atoms with Crippen molar-refractivity contribution in [3.8, 4) is 11.8 Å². The standard InChI is InChI=1S/C30H32N6O2/c1-21-3-6-25(17-24(21)9-12-27-18-32-28(19-31-27)34-29(37)23-7-8-23)30(38)33-26-10-4-22(5-11-26)20-36-15-13-35(2)14-16-36/h3-6,10-11,17-19,23H,7-8,13-16,20H2,1-2H3,(H,33,38)(H,32,34,37). The van der Waals surface area contributed by atoms with Crippen LogP contribution in [-0.4, -0.2) is 64.8 Å². The predicted molar refractivity (Wildman–Crippen MR) is 148 cm³/mol. The van der Waals surface area contributed by atoms with E-state index >= 15 is 0 Å². The average Bonchev–Trinajstić information content (AvgIpc) is 3.77. The van der Waals surface area contributed by atoms with E-state index in [4.69, 9.17) is 0 Å². The van der Waals surface area contributed by atoms with Gasteiger partial charge in [-0.3, -0.25) is 14.5 Å². The molecule has 1 aliphatic heterocycles. The SMILES string of the molecule is Cc1ccc(C(=O)Nc2ccc(CN3CCN(C)CC3)cc2)cc1C#Cc1cnc(NC(=O)C2CC2)cn1. The van der Waals surface area contributed by atoms with Crippen LogP contribution in [0, 0.1) is 24.7 Å². The van der Waals surface area contributed by atoms with Crippen LogP contribution in [0.3, 0.4) is 0 Å². The van der Waals surface area contributed by atoms with Gasteiger partial charge in [0, 0.05) is 55.5 Å². The van der Waals surface area contributed by atoms with Crippen molar-refractivity contribution in [2.24, 2.45) is 5.92 Å². The van der Waals surface area contributed by atoms with Crippen LogP contribution in [-0.2, 0) is 11.3 Å². The maximum Gasteiger partial charge on any atom is 0.255 e. The number of nitrogens with one attached hydrogen (secondary N) is 2. The monoisotopic (exact) mass is 508 g/mol. The van der Waals surface area contributed by atoms with E-state index in [1.165, 1.54) is 18.0 Å². The molecule has 0 spiro atoms. The fourth-order valence-corrected chi connectivity index (χ4v) is 4.22. The maximum atomic E-state index is 12.9. The van der Waals surface area contributed by atoms with Crippen LogP contribution in [0.5, 0.6) is 0 Å². The molecule has 2 heterocycles. The van der Waals surface area contributed by atoms with Crippen molar-refractivity contribution >= 4 is 23.3 Å². The van der Waals surface area contributed by atoms with Gasteiger partial charge >= 0.3 is 0 Å². The molecular formula is C30H32N6O2. The van der Waals surface area contributed by atoms with Crippen LogP contribution in [0.25, 0.3) is 0 Å². The summed E-state index contributed by atoms with van der Waals surface area (Å²) in [7, 11) is 2.16. The lowest BCUT2D eigenvalue weighted by molar-refractivity contribution is -0.117. The number of nitrogens with zero attached hydrogens (tertiary/aromatic N) is 4. The lowest BCUT2D eigenvalue weighted by Crippen LogP contribution is -2.43. The number of carbonyl (C=O) groups excluding carboxylic acids is 2. The molecule has 5 rings (SSSR count). The second-order valence-electron chi connectivity index (χ2n) is 10.1. The van der Waals surface area contributed by atoms with Crippen molar-refractivity contribution in [1.82, 2.24) is 19.8 Å². The highest BCUT2D eigenvalue weighted by molar-refractivity contribution is 6.04. The fraction of sp³-hybridized carbons (Fsp3) is 0.333. The Morgan fingerprint density at radius 1 is 0.947 bits per heavy atom. The smallest absolute Gasteiger partial charge is 0.255 e. The number of aryl methyl sites for hydroxylation is 1. The Bertz CT molecular complexity index is 1360. The normalized spacial score (nSPS) is 15.8. The zero-order valence-corrected chi connectivity index (χ0v) is 21.8. The minimum Gasteiger partial charge on any atom is -0.322 e. The van der Waals surface area contributed by atoms with Gasteiger partial charge in [0.25, 0.3) is 5.91 Å². The molecule has 2 fully saturated rings. The van der Waals surface area contributed by atoms with E-state index in [0.29, 0.717) is 17.1 Å². The number of hydrogen-bond acceptors (Lipinski definition) is 6. The number of anilines is 2. The maximum absolute atomic E-state index is 12.9. The Hall–Kier alpha value is -4.06. The van der Waals surface area contributed by atoms with E-state index in [1.54, 1.807) is 12.1 Å². The van der Waals surface area contributed by atoms with Crippen LogP contribution in [0.15, 0.2) is 54.9 Å². The molecule has 1 aromatic heterocycles. The van der Waals surface area contributed by atoms with Crippen LogP contribution in [0.1, 0.15) is 45.6 Å². The number of piperazine rings is 1. The third-order valence-corrected chi connectivity index (χ3v) is 6.89. The molecule has 2 aliphatic rings. The highest BCUT2D eigenvalue weighted by Crippen LogP contribution is 2.29. The van der Waals surface area contributed by atoms with E-state index in [0.717, 1.165) is 62.4 Å². The van der Waals surface area contributed by atoms with Gasteiger partial charge in [0.15, 0.2) is 5.82 Å². The molecule has 38 heavy (non-hydrogen) atoms. The first-order valence-corrected chi connectivity index (χ1v) is 13.0. The summed E-state index contributed by atoms with van der Waals surface area (Å²) in [5.74, 6) is 6.44. The molecule has 0 bridgehead atoms. The topological polar surface area (TPSA) is 90.5 Å². The van der Waals surface area contributed by atoms with Gasteiger partial charge < -0.3 is 15.5 Å². The lowest BCUT2D eigenvalue weighted by Gasteiger charge is -2.32. The van der Waals surface area contributed by atoms with E-state index in [9.17, 15) is 9.59 Å². The van der Waals surface area contributed by atoms with Crippen molar-refractivity contribution in [3.05, 3.63) is 82.8 Å². The molecule has 3 aromatic rings. The number of carbonyl (C=O) groups is 2. The van der Waals surface area contributed by atoms with E-state index < -0.39 is 0 Å². The third-order valence-electron chi connectivity index (χ3n) is 6.89. The van der Waals surface area contributed by atoms with Crippen molar-refractivity contribution in [2.45, 2.75) is 26.3 Å². The van der Waals surface area contributed by atoms with Crippen LogP contribution < -0.4 is 10.6 Å². The van der Waals surface area contributed by atoms with Crippen LogP contribution >= 0.6 is 0 Å². The lowest BCUT2D eigenvalue weighted by atomic mass is 10.0. The first-order valence-electron chi connectivity index (χ1n) is 13.0. The Morgan fingerprint density at radius 3 is 2.39 bits per heavy atom. The number of amides is 2. The van der Waals surface area contributed by atoms with Gasteiger partial charge in [-0.1, -0.05) is 24.1 Å². The first-order chi connectivity index (χ1) is 18.4. The zero-order valence-electron chi connectivity index (χ0n) is 21.8. The van der Waals surface area contributed by atoms with Gasteiger partial charge in [-0.2, -0.15) is 0 Å². The summed E-state index contributed by atoms with van der Waals surface area (Å²) in [6, 6.07) is 13.5. The quantitative estimate of drug-likeness (QED) is 0.495. The third kappa shape index (κ3) is 6.82. The molecule has 8 nitrogen and oxygen atoms in total. The molecular weight excluding hydrogens is 476 g/mol. The van der Waals surface area contributed by atoms with E-state index in [1.807, 2.05) is 25.1 Å². The second-order valence-corrected chi connectivity index (χ2v) is 10.1. The van der Waals surface area contributed by atoms with Gasteiger partial charge in [-0.05, 0) is 68.1 Å². The summed E-state index contributed by atoms with van der Waals surface area (Å²) in [5.41, 5.74) is 4.72. The van der Waals surface area contributed by atoms with Crippen LogP contribution in [0.4, 0.5) is 11.5 Å². The number of rotatable bonds is 6. The molecule has 1 aliphatic carbocycles. The molecule has 194 valence electrons. The van der Waals surface area contributed by atoms with Gasteiger partial charge in [-0.15, -0.1) is 0 Å². The predicted octanol–water partition coefficient (Wildman–Crippen LogP) is 3.53. The van der Waals surface area contributed by atoms with Gasteiger partial charge in [-0.25, -0.2) is 9.97 Å². The molecule has 8 heteroatoms. The largest absolute Gasteiger partial charge is 0.322 e. The Balaban J connectivity index is 1.19. The molecule has 2 aromatic carbocycles. The molecule has 1 saturated carbocycles. The summed E-state index contributed by atoms with van der Waals surface area (Å²) in [6.07, 6.45) is 4.91. The number of aromatic nitrogens is 2. The summed E-state index contributed by atoms with van der Waals surface area (Å²) in [4.78, 5) is 38.1. The van der Waals surface area contributed by atoms with Crippen molar-refractivity contribution < 1.29 is 9.59 Å². The summed E-state index contributed by atoms with van der Waals surface area (Å²) >= 11 is 0. The average molecular weight is 509 g/mol. The minimum absolute atomic E-state index is 0.00884. The van der Waals surface area contributed by atoms with Gasteiger partial charge in [0.2, 0.25) is 5.91 Å². The van der Waals surface area contributed by atoms with Crippen LogP contribution in [0.2, 0.25) is 0 Å². The minimum atomic E-state index is -0.185. The molecule has 1 saturated heterocycles. The van der Waals surface area contributed by atoms with E-state index in [2.05, 4.69) is 61.4 Å². The van der Waals surface area contributed by atoms with Gasteiger partial charge in [0.1, 0.15) is 5.69 Å². The van der Waals surface area contributed by atoms with Crippen molar-refractivity contribution in [1.29, 1.82) is 0 Å². The Morgan fingerprint density at radius 2 is 1.71 bits per heavy atom. The number of hydrogen-bond donors (Lipinski definition) is 2. The Labute approximate surface area is 223 Å².